The van der Waals surface area contributed by atoms with Crippen LogP contribution in [0.3, 0.4) is 0 Å². The van der Waals surface area contributed by atoms with Gasteiger partial charge in [0.1, 0.15) is 17.1 Å². The fourth-order valence-corrected chi connectivity index (χ4v) is 3.21. The predicted octanol–water partition coefficient (Wildman–Crippen LogP) is 0.640. The number of methoxy groups -OCH3 is 2. The minimum atomic E-state index is -0.772. The summed E-state index contributed by atoms with van der Waals surface area (Å²) in [6.45, 7) is 9.41. The first-order valence-electron chi connectivity index (χ1n) is 9.74. The maximum Gasteiger partial charge on any atom is 0.189 e. The van der Waals surface area contributed by atoms with Crippen molar-refractivity contribution in [2.24, 2.45) is 5.73 Å². The molecule has 1 heterocycles. The highest BCUT2D eigenvalue weighted by Crippen LogP contribution is 2.37. The Kier molecular flexibility index (Phi) is 8.50. The van der Waals surface area contributed by atoms with Crippen LogP contribution in [0.25, 0.3) is 0 Å². The van der Waals surface area contributed by atoms with Crippen molar-refractivity contribution in [3.8, 4) is 11.5 Å². The highest BCUT2D eigenvalue weighted by Gasteiger charge is 2.33. The summed E-state index contributed by atoms with van der Waals surface area (Å²) in [7, 11) is 3.15. The van der Waals surface area contributed by atoms with Gasteiger partial charge in [-0.1, -0.05) is 0 Å². The number of Topliss-reactive ketones (excluding diaryl/α,β-unsaturated/α-hetero) is 1. The van der Waals surface area contributed by atoms with Gasteiger partial charge < -0.3 is 35.5 Å². The van der Waals surface area contributed by atoms with Gasteiger partial charge in [0.05, 0.1) is 33.0 Å². The Morgan fingerprint density at radius 1 is 1.14 bits per heavy atom. The zero-order valence-electron chi connectivity index (χ0n) is 17.5. The summed E-state index contributed by atoms with van der Waals surface area (Å²) in [4.78, 5) is 15.5. The van der Waals surface area contributed by atoms with Crippen molar-refractivity contribution in [3.05, 3.63) is 17.7 Å². The fraction of sp³-hybridized carbons (Fsp3) is 0.650. The zero-order chi connectivity index (χ0) is 20.6. The lowest BCUT2D eigenvalue weighted by molar-refractivity contribution is 0.0876. The Bertz CT molecular complexity index is 620. The molecule has 0 saturated carbocycles. The largest absolute Gasteiger partial charge is 0.496 e. The van der Waals surface area contributed by atoms with Crippen molar-refractivity contribution in [3.63, 3.8) is 0 Å². The van der Waals surface area contributed by atoms with Crippen LogP contribution in [0, 0.1) is 0 Å². The molecule has 28 heavy (non-hydrogen) atoms. The summed E-state index contributed by atoms with van der Waals surface area (Å²) in [6.07, 6.45) is 0. The molecule has 0 aliphatic carbocycles. The van der Waals surface area contributed by atoms with Gasteiger partial charge in [-0.3, -0.25) is 4.79 Å². The Balaban J connectivity index is 2.23. The molecule has 8 nitrogen and oxygen atoms in total. The van der Waals surface area contributed by atoms with E-state index in [1.807, 2.05) is 26.0 Å². The van der Waals surface area contributed by atoms with Crippen molar-refractivity contribution < 1.29 is 19.0 Å². The number of carbonyl (C=O) groups excluding carboxylic acids is 1. The highest BCUT2D eigenvalue weighted by atomic mass is 16.5. The minimum Gasteiger partial charge on any atom is -0.496 e. The number of ketones is 1. The van der Waals surface area contributed by atoms with Gasteiger partial charge in [0.15, 0.2) is 5.78 Å². The molecule has 0 aromatic heterocycles. The molecule has 0 radical (unpaired) electrons. The van der Waals surface area contributed by atoms with Crippen molar-refractivity contribution in [1.29, 1.82) is 0 Å². The topological polar surface area (TPSA) is 98.1 Å². The Morgan fingerprint density at radius 2 is 1.75 bits per heavy atom. The average Bonchev–Trinajstić information content (AvgIpc) is 2.72. The van der Waals surface area contributed by atoms with E-state index in [1.54, 1.807) is 14.2 Å². The van der Waals surface area contributed by atoms with Crippen LogP contribution in [0.4, 0.5) is 5.69 Å². The maximum absolute atomic E-state index is 13.3. The van der Waals surface area contributed by atoms with Gasteiger partial charge >= 0.3 is 0 Å². The molecule has 8 heteroatoms. The monoisotopic (exact) mass is 394 g/mol. The lowest BCUT2D eigenvalue weighted by atomic mass is 9.91. The van der Waals surface area contributed by atoms with Gasteiger partial charge in [-0.25, -0.2) is 0 Å². The molecular weight excluding hydrogens is 360 g/mol. The number of benzene rings is 1. The number of rotatable bonds is 11. The van der Waals surface area contributed by atoms with Crippen LogP contribution in [0.1, 0.15) is 24.2 Å². The molecule has 2 rings (SSSR count). The van der Waals surface area contributed by atoms with Crippen molar-refractivity contribution in [1.82, 2.24) is 10.6 Å². The van der Waals surface area contributed by atoms with Gasteiger partial charge in [0.25, 0.3) is 0 Å². The average molecular weight is 395 g/mol. The third kappa shape index (κ3) is 5.57. The minimum absolute atomic E-state index is 0.0754. The number of nitrogens with two attached hydrogens (primary N) is 1. The molecular formula is C20H34N4O4. The number of anilines is 1. The fourth-order valence-electron chi connectivity index (χ4n) is 3.21. The van der Waals surface area contributed by atoms with E-state index in [1.165, 1.54) is 0 Å². The van der Waals surface area contributed by atoms with Gasteiger partial charge in [-0.2, -0.15) is 0 Å². The quantitative estimate of drug-likeness (QED) is 0.372. The van der Waals surface area contributed by atoms with Crippen LogP contribution in [0.5, 0.6) is 11.5 Å². The predicted molar refractivity (Wildman–Crippen MR) is 111 cm³/mol. The lowest BCUT2D eigenvalue weighted by Crippen LogP contribution is -2.49. The summed E-state index contributed by atoms with van der Waals surface area (Å²) in [5.74, 6) is 0.956. The van der Waals surface area contributed by atoms with Crippen molar-refractivity contribution in [2.45, 2.75) is 19.4 Å². The summed E-state index contributed by atoms with van der Waals surface area (Å²) in [5.41, 5.74) is 6.12. The van der Waals surface area contributed by atoms with E-state index in [9.17, 15) is 4.79 Å². The second kappa shape index (κ2) is 10.6. The van der Waals surface area contributed by atoms with E-state index in [2.05, 4.69) is 15.5 Å². The smallest absolute Gasteiger partial charge is 0.189 e. The van der Waals surface area contributed by atoms with Gasteiger partial charge in [0, 0.05) is 57.1 Å². The normalized spacial score (nSPS) is 14.8. The SMILES string of the molecule is COc1cc(N2CCOCC2)cc(OC)c1C(=O)C(C)(C)NCCNCCN. The molecule has 0 spiro atoms. The first-order chi connectivity index (χ1) is 13.4. The number of nitrogens with one attached hydrogen (secondary N) is 2. The number of morpholine rings is 1. The van der Waals surface area contributed by atoms with Crippen LogP contribution >= 0.6 is 0 Å². The second-order valence-electron chi connectivity index (χ2n) is 7.24. The molecule has 0 unspecified atom stereocenters. The lowest BCUT2D eigenvalue weighted by Gasteiger charge is -2.31. The molecule has 4 N–H and O–H groups in total. The second-order valence-corrected chi connectivity index (χ2v) is 7.24. The highest BCUT2D eigenvalue weighted by molar-refractivity contribution is 6.07. The van der Waals surface area contributed by atoms with Crippen molar-refractivity contribution >= 4 is 11.5 Å². The number of hydrogen-bond donors (Lipinski definition) is 3. The van der Waals surface area contributed by atoms with Gasteiger partial charge in [-0.15, -0.1) is 0 Å². The molecule has 1 saturated heterocycles. The number of ether oxygens (including phenoxy) is 3. The Morgan fingerprint density at radius 3 is 2.29 bits per heavy atom. The maximum atomic E-state index is 13.3. The third-order valence-electron chi connectivity index (χ3n) is 4.85. The first-order valence-corrected chi connectivity index (χ1v) is 9.74. The molecule has 0 amide bonds. The first kappa shape index (κ1) is 22.4. The van der Waals surface area contributed by atoms with E-state index < -0.39 is 5.54 Å². The van der Waals surface area contributed by atoms with E-state index >= 15 is 0 Å². The molecule has 0 bridgehead atoms. The summed E-state index contributed by atoms with van der Waals surface area (Å²) in [5, 5.41) is 6.52. The summed E-state index contributed by atoms with van der Waals surface area (Å²) >= 11 is 0. The molecule has 1 fully saturated rings. The van der Waals surface area contributed by atoms with Crippen LogP contribution in [0.15, 0.2) is 12.1 Å². The number of hydrogen-bond acceptors (Lipinski definition) is 8. The van der Waals surface area contributed by atoms with E-state index in [4.69, 9.17) is 19.9 Å². The standard InChI is InChI=1S/C20H34N4O4/c1-20(2,23-8-7-22-6-5-21)19(25)18-16(26-3)13-15(14-17(18)27-4)24-9-11-28-12-10-24/h13-14,22-23H,5-12,21H2,1-4H3. The van der Waals surface area contributed by atoms with E-state index in [0.717, 1.165) is 31.9 Å². The number of carbonyl (C=O) groups is 1. The zero-order valence-corrected chi connectivity index (χ0v) is 17.5. The molecule has 1 aromatic carbocycles. The van der Waals surface area contributed by atoms with Crippen LogP contribution in [-0.4, -0.2) is 78.0 Å². The van der Waals surface area contributed by atoms with Crippen molar-refractivity contribution in [2.75, 3.05) is 71.6 Å². The van der Waals surface area contributed by atoms with E-state index in [-0.39, 0.29) is 5.78 Å². The molecule has 1 aliphatic rings. The van der Waals surface area contributed by atoms with Gasteiger partial charge in [-0.05, 0) is 13.8 Å². The number of nitrogens with zero attached hydrogens (tertiary/aromatic N) is 1. The summed E-state index contributed by atoms with van der Waals surface area (Å²) < 4.78 is 16.6. The van der Waals surface area contributed by atoms with Crippen LogP contribution < -0.4 is 30.7 Å². The third-order valence-corrected chi connectivity index (χ3v) is 4.85. The molecule has 1 aliphatic heterocycles. The van der Waals surface area contributed by atoms with Gasteiger partial charge in [0.2, 0.25) is 0 Å². The van der Waals surface area contributed by atoms with Crippen LogP contribution in [-0.2, 0) is 4.74 Å². The van der Waals surface area contributed by atoms with Crippen LogP contribution in [0.2, 0.25) is 0 Å². The van der Waals surface area contributed by atoms with E-state index in [0.29, 0.717) is 43.4 Å². The Hall–Kier alpha value is -1.87. The molecule has 0 atom stereocenters. The summed E-state index contributed by atoms with van der Waals surface area (Å²) in [6, 6.07) is 3.81. The molecule has 1 aromatic rings. The Labute approximate surface area is 167 Å². The molecule has 158 valence electrons.